The molecule has 0 aromatic carbocycles. The summed E-state index contributed by atoms with van der Waals surface area (Å²) >= 11 is 0. The van der Waals surface area contributed by atoms with E-state index in [4.69, 9.17) is 4.42 Å². The summed E-state index contributed by atoms with van der Waals surface area (Å²) < 4.78 is 5.21. The average molecular weight is 217 g/mol. The van der Waals surface area contributed by atoms with Crippen LogP contribution in [-0.4, -0.2) is 5.91 Å². The number of aryl methyl sites for hydroxylation is 1. The van der Waals surface area contributed by atoms with Crippen LogP contribution in [-0.2, 0) is 6.54 Å². The quantitative estimate of drug-likeness (QED) is 0.843. The number of furan rings is 1. The van der Waals surface area contributed by atoms with Crippen molar-refractivity contribution in [2.45, 2.75) is 13.5 Å². The fourth-order valence-corrected chi connectivity index (χ4v) is 1.37. The first kappa shape index (κ1) is 10.4. The van der Waals surface area contributed by atoms with Crippen LogP contribution in [0, 0.1) is 6.92 Å². The molecule has 4 nitrogen and oxygen atoms in total. The maximum Gasteiger partial charge on any atom is 0.287 e. The number of pyridine rings is 1. The number of amides is 1. The zero-order chi connectivity index (χ0) is 11.4. The molecule has 82 valence electrons. The van der Waals surface area contributed by atoms with Crippen molar-refractivity contribution in [1.82, 2.24) is 5.32 Å². The first-order valence-electron chi connectivity index (χ1n) is 5.05. The Bertz CT molecular complexity index is 477. The molecule has 2 aromatic heterocycles. The van der Waals surface area contributed by atoms with Crippen LogP contribution in [0.3, 0.4) is 0 Å². The van der Waals surface area contributed by atoms with Crippen molar-refractivity contribution in [2.75, 3.05) is 0 Å². The van der Waals surface area contributed by atoms with Crippen molar-refractivity contribution in [3.05, 3.63) is 53.7 Å². The van der Waals surface area contributed by atoms with Crippen LogP contribution in [0.2, 0.25) is 0 Å². The van der Waals surface area contributed by atoms with Gasteiger partial charge in [-0.25, -0.2) is 4.98 Å². The number of hydrogen-bond acceptors (Lipinski definition) is 2. The van der Waals surface area contributed by atoms with E-state index in [-0.39, 0.29) is 5.91 Å². The molecule has 0 aliphatic heterocycles. The molecule has 0 saturated heterocycles. The fraction of sp³-hybridized carbons (Fsp3) is 0.167. The zero-order valence-corrected chi connectivity index (χ0v) is 8.99. The number of hydrogen-bond donors (Lipinski definition) is 1. The highest BCUT2D eigenvalue weighted by atomic mass is 16.3. The number of rotatable bonds is 3. The molecule has 0 aliphatic rings. The Kier molecular flexibility index (Phi) is 3.00. The van der Waals surface area contributed by atoms with Gasteiger partial charge in [0.15, 0.2) is 18.2 Å². The second-order valence-corrected chi connectivity index (χ2v) is 3.50. The lowest BCUT2D eigenvalue weighted by Crippen LogP contribution is -2.22. The third kappa shape index (κ3) is 2.48. The van der Waals surface area contributed by atoms with E-state index in [0.29, 0.717) is 12.3 Å². The van der Waals surface area contributed by atoms with Crippen LogP contribution in [0.15, 0.2) is 41.1 Å². The van der Waals surface area contributed by atoms with Crippen molar-refractivity contribution in [3.8, 4) is 0 Å². The Hall–Kier alpha value is -2.10. The number of carbonyl (C=O) groups excluding carboxylic acids is 1. The Morgan fingerprint density at radius 1 is 1.44 bits per heavy atom. The van der Waals surface area contributed by atoms with Gasteiger partial charge in [-0.15, -0.1) is 0 Å². The van der Waals surface area contributed by atoms with E-state index in [1.165, 1.54) is 0 Å². The molecule has 0 spiro atoms. The molecule has 16 heavy (non-hydrogen) atoms. The molecule has 0 aliphatic carbocycles. The number of carbonyl (C=O) groups is 1. The van der Waals surface area contributed by atoms with Gasteiger partial charge in [-0.3, -0.25) is 4.79 Å². The largest absolute Gasteiger partial charge is 0.456 e. The topological polar surface area (TPSA) is 56.4 Å². The molecule has 2 rings (SSSR count). The van der Waals surface area contributed by atoms with Crippen LogP contribution >= 0.6 is 0 Å². The molecule has 0 unspecified atom stereocenters. The smallest absolute Gasteiger partial charge is 0.287 e. The predicted octanol–water partition coefficient (Wildman–Crippen LogP) is 1.33. The van der Waals surface area contributed by atoms with Gasteiger partial charge in [-0.2, -0.15) is 0 Å². The van der Waals surface area contributed by atoms with Crippen molar-refractivity contribution in [3.63, 3.8) is 0 Å². The zero-order valence-electron chi connectivity index (χ0n) is 8.99. The summed E-state index contributed by atoms with van der Waals surface area (Å²) in [6.07, 6.45) is 3.66. The molecule has 0 atom stereocenters. The highest BCUT2D eigenvalue weighted by Gasteiger charge is 2.09. The van der Waals surface area contributed by atoms with Crippen LogP contribution in [0.4, 0.5) is 0 Å². The summed E-state index contributed by atoms with van der Waals surface area (Å²) in [7, 11) is 0. The van der Waals surface area contributed by atoms with Crippen LogP contribution in [0.5, 0.6) is 0 Å². The summed E-state index contributed by atoms with van der Waals surface area (Å²) in [6, 6.07) is 7.26. The number of nitrogens with one attached hydrogen (secondary N) is 2. The van der Waals surface area contributed by atoms with Gasteiger partial charge < -0.3 is 9.73 Å². The lowest BCUT2D eigenvalue weighted by atomic mass is 10.3. The SMILES string of the molecule is Cc1ccc(C(=O)NCc2ccc[nH+]c2)o1. The fourth-order valence-electron chi connectivity index (χ4n) is 1.37. The molecule has 2 N–H and O–H groups in total. The van der Waals surface area contributed by atoms with Gasteiger partial charge >= 0.3 is 0 Å². The average Bonchev–Trinajstić information content (AvgIpc) is 2.74. The summed E-state index contributed by atoms with van der Waals surface area (Å²) in [5.74, 6) is 0.882. The Balaban J connectivity index is 1.94. The number of aromatic nitrogens is 1. The maximum atomic E-state index is 11.6. The molecule has 2 heterocycles. The van der Waals surface area contributed by atoms with Gasteiger partial charge in [0.2, 0.25) is 0 Å². The molecular weight excluding hydrogens is 204 g/mol. The standard InChI is InChI=1S/C12H12N2O2/c1-9-4-5-11(16-9)12(15)14-8-10-3-2-6-13-7-10/h2-7H,8H2,1H3,(H,14,15)/p+1. The molecule has 4 heteroatoms. The molecule has 0 radical (unpaired) electrons. The highest BCUT2D eigenvalue weighted by Crippen LogP contribution is 2.06. The molecule has 0 fully saturated rings. The monoisotopic (exact) mass is 217 g/mol. The minimum Gasteiger partial charge on any atom is -0.456 e. The lowest BCUT2D eigenvalue weighted by molar-refractivity contribution is -0.378. The van der Waals surface area contributed by atoms with Crippen molar-refractivity contribution < 1.29 is 14.2 Å². The van der Waals surface area contributed by atoms with Gasteiger partial charge in [0.25, 0.3) is 5.91 Å². The number of H-pyrrole nitrogens is 1. The third-order valence-electron chi connectivity index (χ3n) is 2.19. The van der Waals surface area contributed by atoms with Gasteiger partial charge in [-0.1, -0.05) is 0 Å². The number of aromatic amines is 1. The molecule has 1 amide bonds. The minimum absolute atomic E-state index is 0.197. The normalized spacial score (nSPS) is 10.1. The van der Waals surface area contributed by atoms with Crippen LogP contribution < -0.4 is 10.3 Å². The van der Waals surface area contributed by atoms with E-state index in [0.717, 1.165) is 11.3 Å². The van der Waals surface area contributed by atoms with Gasteiger partial charge in [-0.05, 0) is 25.1 Å². The molecular formula is C12H13N2O2+. The van der Waals surface area contributed by atoms with E-state index in [2.05, 4.69) is 10.3 Å². The van der Waals surface area contributed by atoms with Crippen molar-refractivity contribution in [2.24, 2.45) is 0 Å². The first-order chi connectivity index (χ1) is 7.75. The second kappa shape index (κ2) is 4.61. The van der Waals surface area contributed by atoms with E-state index in [1.807, 2.05) is 31.5 Å². The van der Waals surface area contributed by atoms with Crippen LogP contribution in [0.1, 0.15) is 21.9 Å². The third-order valence-corrected chi connectivity index (χ3v) is 2.19. The van der Waals surface area contributed by atoms with Crippen molar-refractivity contribution >= 4 is 5.91 Å². The Morgan fingerprint density at radius 3 is 2.94 bits per heavy atom. The second-order valence-electron chi connectivity index (χ2n) is 3.50. The lowest BCUT2D eigenvalue weighted by Gasteiger charge is -2.00. The summed E-state index contributed by atoms with van der Waals surface area (Å²) in [6.45, 7) is 2.29. The van der Waals surface area contributed by atoms with Crippen LogP contribution in [0.25, 0.3) is 0 Å². The summed E-state index contributed by atoms with van der Waals surface area (Å²) in [5.41, 5.74) is 1.01. The van der Waals surface area contributed by atoms with Gasteiger partial charge in [0.05, 0.1) is 0 Å². The van der Waals surface area contributed by atoms with Gasteiger partial charge in [0.1, 0.15) is 5.76 Å². The van der Waals surface area contributed by atoms with E-state index in [1.54, 1.807) is 12.1 Å². The van der Waals surface area contributed by atoms with E-state index < -0.39 is 0 Å². The highest BCUT2D eigenvalue weighted by molar-refractivity contribution is 5.91. The predicted molar refractivity (Wildman–Crippen MR) is 57.6 cm³/mol. The molecule has 0 saturated carbocycles. The van der Waals surface area contributed by atoms with E-state index >= 15 is 0 Å². The summed E-state index contributed by atoms with van der Waals surface area (Å²) in [4.78, 5) is 14.6. The molecule has 2 aromatic rings. The van der Waals surface area contributed by atoms with Gasteiger partial charge in [0, 0.05) is 18.2 Å². The summed E-state index contributed by atoms with van der Waals surface area (Å²) in [5, 5.41) is 2.78. The molecule has 0 bridgehead atoms. The Morgan fingerprint density at radius 2 is 2.31 bits per heavy atom. The van der Waals surface area contributed by atoms with E-state index in [9.17, 15) is 4.79 Å². The Labute approximate surface area is 93.3 Å². The minimum atomic E-state index is -0.197. The first-order valence-corrected chi connectivity index (χ1v) is 5.05. The van der Waals surface area contributed by atoms with Crippen molar-refractivity contribution in [1.29, 1.82) is 0 Å². The maximum absolute atomic E-state index is 11.6.